The van der Waals surface area contributed by atoms with Crippen LogP contribution in [0.25, 0.3) is 0 Å². The van der Waals surface area contributed by atoms with Crippen LogP contribution in [0.3, 0.4) is 0 Å². The molecule has 0 fully saturated rings. The third kappa shape index (κ3) is 4.89. The Morgan fingerprint density at radius 3 is 1.86 bits per heavy atom. The van der Waals surface area contributed by atoms with Gasteiger partial charge in [0, 0.05) is 0 Å². The summed E-state index contributed by atoms with van der Waals surface area (Å²) in [5, 5.41) is 26.5. The standard InChI is InChI=1S/C14H14O8/c15-7-22-11(6-13(18)19)9-3-1-8(2-4-9)10(14(20)21)5-12(16)17/h1-4,7,10-11H,5-6H2,(H,16,17)(H,18,19)(H,20,21). The Hall–Kier alpha value is -2.90. The van der Waals surface area contributed by atoms with Gasteiger partial charge in [0.25, 0.3) is 6.47 Å². The van der Waals surface area contributed by atoms with Crippen LogP contribution < -0.4 is 0 Å². The lowest BCUT2D eigenvalue weighted by Gasteiger charge is -2.15. The maximum absolute atomic E-state index is 11.1. The predicted molar refractivity (Wildman–Crippen MR) is 71.2 cm³/mol. The Bertz CT molecular complexity index is 563. The van der Waals surface area contributed by atoms with Crippen LogP contribution in [-0.2, 0) is 23.9 Å². The van der Waals surface area contributed by atoms with Gasteiger partial charge in [0.15, 0.2) is 0 Å². The van der Waals surface area contributed by atoms with Crippen molar-refractivity contribution in [2.75, 3.05) is 0 Å². The first kappa shape index (κ1) is 17.2. The van der Waals surface area contributed by atoms with Crippen molar-refractivity contribution in [3.8, 4) is 0 Å². The van der Waals surface area contributed by atoms with Gasteiger partial charge >= 0.3 is 17.9 Å². The van der Waals surface area contributed by atoms with E-state index in [1.807, 2.05) is 0 Å². The second-order valence-electron chi connectivity index (χ2n) is 4.47. The average Bonchev–Trinajstić information content (AvgIpc) is 2.43. The number of aliphatic carboxylic acids is 3. The summed E-state index contributed by atoms with van der Waals surface area (Å²) in [6.07, 6.45) is -2.00. The van der Waals surface area contributed by atoms with Crippen LogP contribution in [0.15, 0.2) is 24.3 Å². The smallest absolute Gasteiger partial charge is 0.311 e. The highest BCUT2D eigenvalue weighted by Gasteiger charge is 2.24. The van der Waals surface area contributed by atoms with Gasteiger partial charge in [-0.25, -0.2) is 0 Å². The van der Waals surface area contributed by atoms with Crippen LogP contribution in [0.2, 0.25) is 0 Å². The lowest BCUT2D eigenvalue weighted by Crippen LogP contribution is -2.16. The van der Waals surface area contributed by atoms with Crippen molar-refractivity contribution in [2.24, 2.45) is 0 Å². The molecule has 8 heteroatoms. The van der Waals surface area contributed by atoms with E-state index in [-0.39, 0.29) is 12.0 Å². The second-order valence-corrected chi connectivity index (χ2v) is 4.47. The second kappa shape index (κ2) is 7.77. The highest BCUT2D eigenvalue weighted by atomic mass is 16.5. The van der Waals surface area contributed by atoms with Crippen LogP contribution >= 0.6 is 0 Å². The van der Waals surface area contributed by atoms with Crippen molar-refractivity contribution >= 4 is 24.4 Å². The van der Waals surface area contributed by atoms with Crippen LogP contribution in [0.4, 0.5) is 0 Å². The quantitative estimate of drug-likeness (QED) is 0.574. The molecule has 2 unspecified atom stereocenters. The van der Waals surface area contributed by atoms with Crippen molar-refractivity contribution < 1.29 is 39.2 Å². The Kier molecular flexibility index (Phi) is 6.06. The maximum Gasteiger partial charge on any atom is 0.311 e. The largest absolute Gasteiger partial charge is 0.481 e. The minimum atomic E-state index is -1.28. The normalized spacial score (nSPS) is 12.9. The lowest BCUT2D eigenvalue weighted by molar-refractivity contribution is -0.145. The molecular formula is C14H14O8. The molecule has 0 aromatic heterocycles. The predicted octanol–water partition coefficient (Wildman–Crippen LogP) is 1.02. The minimum Gasteiger partial charge on any atom is -0.481 e. The summed E-state index contributed by atoms with van der Waals surface area (Å²) in [4.78, 5) is 42.9. The highest BCUT2D eigenvalue weighted by molar-refractivity contribution is 5.82. The number of carboxylic acid groups (broad SMARTS) is 3. The average molecular weight is 310 g/mol. The molecular weight excluding hydrogens is 296 g/mol. The number of carbonyl (C=O) groups excluding carboxylic acids is 1. The van der Waals surface area contributed by atoms with Gasteiger partial charge in [0.2, 0.25) is 0 Å². The van der Waals surface area contributed by atoms with E-state index in [0.717, 1.165) is 0 Å². The Balaban J connectivity index is 3.00. The number of carboxylic acids is 3. The van der Waals surface area contributed by atoms with E-state index >= 15 is 0 Å². The highest BCUT2D eigenvalue weighted by Crippen LogP contribution is 2.25. The number of rotatable bonds is 9. The summed E-state index contributed by atoms with van der Waals surface area (Å²) in [5.74, 6) is -4.90. The summed E-state index contributed by atoms with van der Waals surface area (Å²) in [7, 11) is 0. The molecule has 1 aromatic carbocycles. The molecule has 22 heavy (non-hydrogen) atoms. The monoisotopic (exact) mass is 310 g/mol. The van der Waals surface area contributed by atoms with Gasteiger partial charge in [-0.05, 0) is 11.1 Å². The third-order valence-corrected chi connectivity index (χ3v) is 2.97. The van der Waals surface area contributed by atoms with Gasteiger partial charge in [-0.2, -0.15) is 0 Å². The van der Waals surface area contributed by atoms with Gasteiger partial charge in [-0.3, -0.25) is 19.2 Å². The van der Waals surface area contributed by atoms with E-state index in [2.05, 4.69) is 4.74 Å². The summed E-state index contributed by atoms with van der Waals surface area (Å²) in [5.41, 5.74) is 0.636. The van der Waals surface area contributed by atoms with Crippen molar-refractivity contribution in [3.05, 3.63) is 35.4 Å². The molecule has 1 rings (SSSR count). The summed E-state index contributed by atoms with van der Waals surface area (Å²) in [6.45, 7) is 0.131. The molecule has 0 aliphatic rings. The molecule has 0 saturated heterocycles. The first-order valence-electron chi connectivity index (χ1n) is 6.20. The van der Waals surface area contributed by atoms with E-state index in [9.17, 15) is 19.2 Å². The number of hydrogen-bond donors (Lipinski definition) is 3. The van der Waals surface area contributed by atoms with Crippen molar-refractivity contribution in [2.45, 2.75) is 24.9 Å². The minimum absolute atomic E-state index is 0.131. The molecule has 0 radical (unpaired) electrons. The summed E-state index contributed by atoms with van der Waals surface area (Å²) in [6, 6.07) is 5.56. The third-order valence-electron chi connectivity index (χ3n) is 2.97. The molecule has 8 nitrogen and oxygen atoms in total. The van der Waals surface area contributed by atoms with Crippen molar-refractivity contribution in [3.63, 3.8) is 0 Å². The van der Waals surface area contributed by atoms with E-state index in [1.165, 1.54) is 24.3 Å². The van der Waals surface area contributed by atoms with E-state index in [0.29, 0.717) is 5.56 Å². The molecule has 0 spiro atoms. The number of benzene rings is 1. The van der Waals surface area contributed by atoms with Gasteiger partial charge in [-0.15, -0.1) is 0 Å². The summed E-state index contributed by atoms with van der Waals surface area (Å²) >= 11 is 0. The molecule has 118 valence electrons. The molecule has 0 saturated carbocycles. The molecule has 0 amide bonds. The zero-order valence-corrected chi connectivity index (χ0v) is 11.3. The fourth-order valence-electron chi connectivity index (χ4n) is 1.94. The molecule has 1 aromatic rings. The molecule has 0 aliphatic heterocycles. The zero-order chi connectivity index (χ0) is 16.7. The molecule has 3 N–H and O–H groups in total. The van der Waals surface area contributed by atoms with Gasteiger partial charge in [0.05, 0.1) is 18.8 Å². The summed E-state index contributed by atoms with van der Waals surface area (Å²) < 4.78 is 4.68. The first-order chi connectivity index (χ1) is 10.3. The molecule has 2 atom stereocenters. The lowest BCUT2D eigenvalue weighted by atomic mass is 9.94. The van der Waals surface area contributed by atoms with Crippen LogP contribution in [0.1, 0.15) is 36.0 Å². The fraction of sp³-hybridized carbons (Fsp3) is 0.286. The number of hydrogen-bond acceptors (Lipinski definition) is 5. The molecule has 0 bridgehead atoms. The molecule has 0 aliphatic carbocycles. The molecule has 0 heterocycles. The van der Waals surface area contributed by atoms with E-state index in [4.69, 9.17) is 15.3 Å². The Morgan fingerprint density at radius 1 is 0.955 bits per heavy atom. The van der Waals surface area contributed by atoms with Crippen molar-refractivity contribution in [1.29, 1.82) is 0 Å². The van der Waals surface area contributed by atoms with E-state index < -0.39 is 42.8 Å². The van der Waals surface area contributed by atoms with Crippen molar-refractivity contribution in [1.82, 2.24) is 0 Å². The van der Waals surface area contributed by atoms with Crippen LogP contribution in [0, 0.1) is 0 Å². The van der Waals surface area contributed by atoms with Crippen LogP contribution in [0.5, 0.6) is 0 Å². The Labute approximate surface area is 124 Å². The van der Waals surface area contributed by atoms with E-state index in [1.54, 1.807) is 0 Å². The fourth-order valence-corrected chi connectivity index (χ4v) is 1.94. The topological polar surface area (TPSA) is 138 Å². The van der Waals surface area contributed by atoms with Crippen LogP contribution in [-0.4, -0.2) is 39.7 Å². The SMILES string of the molecule is O=COC(CC(=O)O)c1ccc(C(CC(=O)O)C(=O)O)cc1. The number of ether oxygens (including phenoxy) is 1. The Morgan fingerprint density at radius 2 is 1.45 bits per heavy atom. The maximum atomic E-state index is 11.1. The van der Waals surface area contributed by atoms with Gasteiger partial charge in [-0.1, -0.05) is 24.3 Å². The van der Waals surface area contributed by atoms with Gasteiger partial charge < -0.3 is 20.1 Å². The zero-order valence-electron chi connectivity index (χ0n) is 11.3. The first-order valence-corrected chi connectivity index (χ1v) is 6.20. The number of carbonyl (C=O) groups is 4. The van der Waals surface area contributed by atoms with Gasteiger partial charge in [0.1, 0.15) is 6.10 Å².